The molecule has 0 saturated heterocycles. The van der Waals surface area contributed by atoms with Crippen molar-refractivity contribution in [2.24, 2.45) is 35.0 Å². The molecule has 3 heteroatoms. The topological polar surface area (TPSA) is 43.4 Å². The lowest BCUT2D eigenvalue weighted by Gasteiger charge is -2.57. The van der Waals surface area contributed by atoms with E-state index in [-0.39, 0.29) is 17.0 Å². The number of ether oxygens (including phenoxy) is 1. The number of Topliss-reactive ketones (excluding diaryl/α,β-unsaturated/α-hetero) is 1. The Labute approximate surface area is 168 Å². The standard InChI is InChI=1S/C25H32O3/c1-2-24-10-7-19-18-6-5-17(26)13-16(18)14-20(15-3-4-15)23(19)21(24)8-11-25(24)12-9-22(27)28-25/h9,12,15,19-21,23H,2-8,10-11,13-14H2,1H3/t19-,20+,21+,23+,24+,25-/m1/s1. The second-order valence-electron chi connectivity index (χ2n) is 10.6. The Morgan fingerprint density at radius 1 is 1.11 bits per heavy atom. The van der Waals surface area contributed by atoms with E-state index in [1.165, 1.54) is 38.5 Å². The van der Waals surface area contributed by atoms with Crippen LogP contribution in [0.4, 0.5) is 0 Å². The number of allylic oxidation sites excluding steroid dienone is 2. The molecule has 5 aliphatic carbocycles. The number of esters is 1. The summed E-state index contributed by atoms with van der Waals surface area (Å²) in [6.45, 7) is 2.33. The first-order valence-electron chi connectivity index (χ1n) is 11.7. The van der Waals surface area contributed by atoms with Crippen LogP contribution in [0.3, 0.4) is 0 Å². The Balaban J connectivity index is 1.42. The summed E-state index contributed by atoms with van der Waals surface area (Å²) in [5.74, 6) is 4.10. The van der Waals surface area contributed by atoms with Crippen molar-refractivity contribution < 1.29 is 14.3 Å². The molecule has 0 aromatic rings. The first-order chi connectivity index (χ1) is 13.6. The van der Waals surface area contributed by atoms with Crippen molar-refractivity contribution >= 4 is 11.8 Å². The van der Waals surface area contributed by atoms with Gasteiger partial charge in [-0.2, -0.15) is 0 Å². The molecule has 0 amide bonds. The lowest BCUT2D eigenvalue weighted by Crippen LogP contribution is -2.54. The lowest BCUT2D eigenvalue weighted by molar-refractivity contribution is -0.164. The maximum Gasteiger partial charge on any atom is 0.331 e. The van der Waals surface area contributed by atoms with Gasteiger partial charge < -0.3 is 4.74 Å². The normalized spacial score (nSPS) is 47.2. The first-order valence-corrected chi connectivity index (χ1v) is 11.7. The van der Waals surface area contributed by atoms with E-state index in [1.54, 1.807) is 17.2 Å². The van der Waals surface area contributed by atoms with Crippen molar-refractivity contribution in [3.8, 4) is 0 Å². The van der Waals surface area contributed by atoms with Gasteiger partial charge in [-0.25, -0.2) is 4.79 Å². The molecule has 150 valence electrons. The highest BCUT2D eigenvalue weighted by Crippen LogP contribution is 2.70. The number of carbonyl (C=O) groups is 2. The first kappa shape index (κ1) is 17.5. The third-order valence-electron chi connectivity index (χ3n) is 9.80. The van der Waals surface area contributed by atoms with Gasteiger partial charge >= 0.3 is 5.97 Å². The smallest absolute Gasteiger partial charge is 0.331 e. The molecule has 1 heterocycles. The fourth-order valence-corrected chi connectivity index (χ4v) is 8.61. The van der Waals surface area contributed by atoms with Crippen LogP contribution >= 0.6 is 0 Å². The summed E-state index contributed by atoms with van der Waals surface area (Å²) in [5.41, 5.74) is 3.02. The van der Waals surface area contributed by atoms with Crippen LogP contribution in [0.25, 0.3) is 0 Å². The van der Waals surface area contributed by atoms with Crippen molar-refractivity contribution in [1.29, 1.82) is 0 Å². The summed E-state index contributed by atoms with van der Waals surface area (Å²) >= 11 is 0. The van der Waals surface area contributed by atoms with E-state index >= 15 is 0 Å². The molecule has 0 radical (unpaired) electrons. The third-order valence-corrected chi connectivity index (χ3v) is 9.80. The van der Waals surface area contributed by atoms with Crippen LogP contribution in [0.15, 0.2) is 23.3 Å². The SMILES string of the molecule is CC[C@]12CC[C@@H]3C4=C(CC(=O)CC4)C[C@@H](C4CC4)[C@H]3[C@@H]1CC[C@@]21C=CC(=O)O1. The largest absolute Gasteiger partial charge is 0.451 e. The van der Waals surface area contributed by atoms with E-state index in [0.717, 1.165) is 49.9 Å². The summed E-state index contributed by atoms with van der Waals surface area (Å²) in [6, 6.07) is 0. The Kier molecular flexibility index (Phi) is 3.64. The highest BCUT2D eigenvalue weighted by Gasteiger charge is 2.67. The molecule has 1 aliphatic heterocycles. The average molecular weight is 381 g/mol. The molecule has 0 bridgehead atoms. The molecule has 3 fully saturated rings. The van der Waals surface area contributed by atoms with Crippen molar-refractivity contribution in [2.75, 3.05) is 0 Å². The van der Waals surface area contributed by atoms with Gasteiger partial charge in [0.1, 0.15) is 11.4 Å². The predicted octanol–water partition coefficient (Wildman–Crippen LogP) is 5.15. The van der Waals surface area contributed by atoms with Crippen LogP contribution < -0.4 is 0 Å². The number of rotatable bonds is 2. The monoisotopic (exact) mass is 380 g/mol. The second kappa shape index (κ2) is 5.83. The lowest BCUT2D eigenvalue weighted by atomic mass is 9.48. The highest BCUT2D eigenvalue weighted by atomic mass is 16.6. The van der Waals surface area contributed by atoms with Crippen LogP contribution in [0.5, 0.6) is 0 Å². The van der Waals surface area contributed by atoms with E-state index in [1.807, 2.05) is 0 Å². The van der Waals surface area contributed by atoms with Gasteiger partial charge in [0.15, 0.2) is 0 Å². The van der Waals surface area contributed by atoms with Crippen LogP contribution in [0, 0.1) is 35.0 Å². The zero-order valence-corrected chi connectivity index (χ0v) is 17.0. The number of hydrogen-bond acceptors (Lipinski definition) is 3. The highest BCUT2D eigenvalue weighted by molar-refractivity contribution is 5.85. The fourth-order valence-electron chi connectivity index (χ4n) is 8.61. The Hall–Kier alpha value is -1.38. The van der Waals surface area contributed by atoms with Crippen LogP contribution in [-0.4, -0.2) is 17.4 Å². The number of ketones is 1. The van der Waals surface area contributed by atoms with E-state index in [0.29, 0.717) is 17.6 Å². The molecule has 0 aromatic heterocycles. The zero-order chi connectivity index (χ0) is 19.1. The zero-order valence-electron chi connectivity index (χ0n) is 17.0. The Morgan fingerprint density at radius 2 is 1.96 bits per heavy atom. The number of hydrogen-bond donors (Lipinski definition) is 0. The van der Waals surface area contributed by atoms with E-state index in [2.05, 4.69) is 13.0 Å². The molecule has 3 saturated carbocycles. The summed E-state index contributed by atoms with van der Waals surface area (Å²) in [7, 11) is 0. The molecular weight excluding hydrogens is 348 g/mol. The fraction of sp³-hybridized carbons (Fsp3) is 0.760. The van der Waals surface area contributed by atoms with Gasteiger partial charge in [-0.1, -0.05) is 18.1 Å². The minimum atomic E-state index is -0.334. The Morgan fingerprint density at radius 3 is 2.68 bits per heavy atom. The minimum absolute atomic E-state index is 0.131. The summed E-state index contributed by atoms with van der Waals surface area (Å²) in [6.07, 6.45) is 16.1. The summed E-state index contributed by atoms with van der Waals surface area (Å²) in [5, 5.41) is 0. The summed E-state index contributed by atoms with van der Waals surface area (Å²) in [4.78, 5) is 24.2. The van der Waals surface area contributed by atoms with Crippen LogP contribution in [0.2, 0.25) is 0 Å². The summed E-state index contributed by atoms with van der Waals surface area (Å²) < 4.78 is 6.08. The van der Waals surface area contributed by atoms with E-state index in [9.17, 15) is 9.59 Å². The predicted molar refractivity (Wildman–Crippen MR) is 106 cm³/mol. The second-order valence-corrected chi connectivity index (χ2v) is 10.6. The molecule has 6 rings (SSSR count). The van der Waals surface area contributed by atoms with Gasteiger partial charge in [-0.05, 0) is 93.5 Å². The van der Waals surface area contributed by atoms with Gasteiger partial charge in [0.05, 0.1) is 0 Å². The van der Waals surface area contributed by atoms with Gasteiger partial charge in [-0.15, -0.1) is 0 Å². The van der Waals surface area contributed by atoms with E-state index in [4.69, 9.17) is 4.74 Å². The molecule has 28 heavy (non-hydrogen) atoms. The average Bonchev–Trinajstić information content (AvgIpc) is 3.40. The molecule has 0 aromatic carbocycles. The Bertz CT molecular complexity index is 803. The van der Waals surface area contributed by atoms with Crippen LogP contribution in [-0.2, 0) is 14.3 Å². The van der Waals surface area contributed by atoms with Crippen molar-refractivity contribution in [1.82, 2.24) is 0 Å². The van der Waals surface area contributed by atoms with Gasteiger partial charge in [0.25, 0.3) is 0 Å². The van der Waals surface area contributed by atoms with Crippen molar-refractivity contribution in [3.05, 3.63) is 23.3 Å². The van der Waals surface area contributed by atoms with Crippen molar-refractivity contribution in [2.45, 2.75) is 83.2 Å². The van der Waals surface area contributed by atoms with Gasteiger partial charge in [-0.3, -0.25) is 4.79 Å². The molecule has 0 unspecified atom stereocenters. The molecule has 6 aliphatic rings. The minimum Gasteiger partial charge on any atom is -0.451 e. The van der Waals surface area contributed by atoms with Crippen LogP contribution in [0.1, 0.15) is 77.6 Å². The maximum atomic E-state index is 12.2. The van der Waals surface area contributed by atoms with E-state index < -0.39 is 0 Å². The molecule has 6 atom stereocenters. The molecule has 1 spiro atoms. The van der Waals surface area contributed by atoms with Gasteiger partial charge in [0.2, 0.25) is 0 Å². The quantitative estimate of drug-likeness (QED) is 0.491. The molecule has 3 nitrogen and oxygen atoms in total. The molecular formula is C25H32O3. The molecule has 0 N–H and O–H groups in total. The third kappa shape index (κ3) is 2.17. The number of fused-ring (bicyclic) bond motifs is 5. The van der Waals surface area contributed by atoms with Crippen molar-refractivity contribution in [3.63, 3.8) is 0 Å². The maximum absolute atomic E-state index is 12.2. The number of carbonyl (C=O) groups excluding carboxylic acids is 2. The van der Waals surface area contributed by atoms with Gasteiger partial charge in [0, 0.05) is 24.3 Å².